The molecule has 1 saturated carbocycles. The lowest BCUT2D eigenvalue weighted by molar-refractivity contribution is -0.115. The van der Waals surface area contributed by atoms with E-state index in [1.165, 1.54) is 0 Å². The van der Waals surface area contributed by atoms with Crippen LogP contribution in [0.25, 0.3) is 23.0 Å². The highest BCUT2D eigenvalue weighted by Crippen LogP contribution is 2.29. The van der Waals surface area contributed by atoms with Gasteiger partial charge in [0.25, 0.3) is 5.91 Å². The second-order valence-electron chi connectivity index (χ2n) is 6.87. The number of carbonyl (C=O) groups is 2. The van der Waals surface area contributed by atoms with Gasteiger partial charge in [-0.05, 0) is 31.1 Å². The molecule has 1 aromatic carbocycles. The molecule has 1 aliphatic carbocycles. The molecule has 3 aromatic rings. The van der Waals surface area contributed by atoms with Gasteiger partial charge in [-0.3, -0.25) is 10.1 Å². The van der Waals surface area contributed by atoms with Crippen LogP contribution in [0.5, 0.6) is 0 Å². The summed E-state index contributed by atoms with van der Waals surface area (Å²) in [5, 5.41) is 12.5. The van der Waals surface area contributed by atoms with Crippen LogP contribution in [0.2, 0.25) is 0 Å². The zero-order chi connectivity index (χ0) is 19.3. The van der Waals surface area contributed by atoms with E-state index in [1.54, 1.807) is 16.8 Å². The van der Waals surface area contributed by atoms with Crippen molar-refractivity contribution in [1.29, 1.82) is 0 Å². The second-order valence-corrected chi connectivity index (χ2v) is 6.87. The van der Waals surface area contributed by atoms with Crippen LogP contribution in [-0.2, 0) is 4.79 Å². The molecule has 0 bridgehead atoms. The SMILES string of the molecule is Nc1cccc(-c2cc(NC3CC3)n3ncc(/C=C4\NC(=O)NC4=O)c3n2)c1. The number of fused-ring (bicyclic) bond motifs is 1. The molecular formula is C19H17N7O2. The van der Waals surface area contributed by atoms with Crippen molar-refractivity contribution >= 4 is 35.2 Å². The molecule has 28 heavy (non-hydrogen) atoms. The van der Waals surface area contributed by atoms with Gasteiger partial charge in [-0.2, -0.15) is 9.61 Å². The molecule has 5 rings (SSSR count). The number of amides is 3. The van der Waals surface area contributed by atoms with Crippen molar-refractivity contribution in [3.63, 3.8) is 0 Å². The molecule has 3 heterocycles. The molecule has 9 nitrogen and oxygen atoms in total. The van der Waals surface area contributed by atoms with Gasteiger partial charge in [0.1, 0.15) is 11.5 Å². The highest BCUT2D eigenvalue weighted by atomic mass is 16.2. The third-order valence-corrected chi connectivity index (χ3v) is 4.63. The van der Waals surface area contributed by atoms with Crippen LogP contribution < -0.4 is 21.7 Å². The van der Waals surface area contributed by atoms with E-state index in [1.807, 2.05) is 30.3 Å². The minimum atomic E-state index is -0.544. The molecule has 0 atom stereocenters. The molecule has 2 fully saturated rings. The van der Waals surface area contributed by atoms with E-state index in [9.17, 15) is 9.59 Å². The minimum absolute atomic E-state index is 0.160. The first-order valence-electron chi connectivity index (χ1n) is 8.92. The third-order valence-electron chi connectivity index (χ3n) is 4.63. The van der Waals surface area contributed by atoms with Crippen molar-refractivity contribution in [2.75, 3.05) is 11.1 Å². The number of benzene rings is 1. The molecule has 2 aromatic heterocycles. The first-order valence-corrected chi connectivity index (χ1v) is 8.92. The number of imide groups is 1. The number of hydrogen-bond donors (Lipinski definition) is 4. The van der Waals surface area contributed by atoms with E-state index in [2.05, 4.69) is 21.0 Å². The topological polar surface area (TPSA) is 126 Å². The Balaban J connectivity index is 1.66. The largest absolute Gasteiger partial charge is 0.399 e. The number of hydrogen-bond acceptors (Lipinski definition) is 6. The second kappa shape index (κ2) is 6.08. The Bertz CT molecular complexity index is 1160. The van der Waals surface area contributed by atoms with Gasteiger partial charge in [0.15, 0.2) is 5.65 Å². The fraction of sp³-hybridized carbons (Fsp3) is 0.158. The fourth-order valence-electron chi connectivity index (χ4n) is 3.11. The number of carbonyl (C=O) groups excluding carboxylic acids is 2. The van der Waals surface area contributed by atoms with Gasteiger partial charge in [0, 0.05) is 28.9 Å². The summed E-state index contributed by atoms with van der Waals surface area (Å²) in [7, 11) is 0. The zero-order valence-corrected chi connectivity index (χ0v) is 14.8. The van der Waals surface area contributed by atoms with Crippen LogP contribution in [0, 0.1) is 0 Å². The Morgan fingerprint density at radius 3 is 2.79 bits per heavy atom. The van der Waals surface area contributed by atoms with Crippen molar-refractivity contribution in [3.8, 4) is 11.3 Å². The number of nitrogen functional groups attached to an aromatic ring is 1. The monoisotopic (exact) mass is 375 g/mol. The number of nitrogens with zero attached hydrogens (tertiary/aromatic N) is 3. The number of urea groups is 1. The molecule has 2 aliphatic rings. The Morgan fingerprint density at radius 1 is 1.21 bits per heavy atom. The highest BCUT2D eigenvalue weighted by Gasteiger charge is 2.25. The number of nitrogens with one attached hydrogen (secondary N) is 3. The van der Waals surface area contributed by atoms with Crippen molar-refractivity contribution < 1.29 is 9.59 Å². The number of anilines is 2. The van der Waals surface area contributed by atoms with Gasteiger partial charge in [-0.25, -0.2) is 9.78 Å². The van der Waals surface area contributed by atoms with Gasteiger partial charge >= 0.3 is 6.03 Å². The van der Waals surface area contributed by atoms with Crippen LogP contribution in [0.15, 0.2) is 42.2 Å². The van der Waals surface area contributed by atoms with E-state index >= 15 is 0 Å². The predicted octanol–water partition coefficient (Wildman–Crippen LogP) is 1.73. The Morgan fingerprint density at radius 2 is 2.07 bits per heavy atom. The summed E-state index contributed by atoms with van der Waals surface area (Å²) < 4.78 is 1.70. The fourth-order valence-corrected chi connectivity index (χ4v) is 3.11. The van der Waals surface area contributed by atoms with Crippen LogP contribution >= 0.6 is 0 Å². The maximum Gasteiger partial charge on any atom is 0.326 e. The Labute approximate surface area is 159 Å². The van der Waals surface area contributed by atoms with Crippen molar-refractivity contribution in [1.82, 2.24) is 25.2 Å². The normalized spacial score (nSPS) is 17.8. The summed E-state index contributed by atoms with van der Waals surface area (Å²) in [5.74, 6) is 0.335. The number of rotatable bonds is 4. The van der Waals surface area contributed by atoms with E-state index < -0.39 is 11.9 Å². The van der Waals surface area contributed by atoms with E-state index in [0.29, 0.717) is 22.9 Å². The summed E-state index contributed by atoms with van der Waals surface area (Å²) >= 11 is 0. The molecule has 3 amide bonds. The lowest BCUT2D eigenvalue weighted by Gasteiger charge is -2.10. The molecule has 0 radical (unpaired) electrons. The molecular weight excluding hydrogens is 358 g/mol. The minimum Gasteiger partial charge on any atom is -0.399 e. The summed E-state index contributed by atoms with van der Waals surface area (Å²) in [5.41, 5.74) is 9.56. The molecule has 0 spiro atoms. The Kier molecular flexibility index (Phi) is 3.54. The van der Waals surface area contributed by atoms with E-state index in [0.717, 1.165) is 29.9 Å². The molecule has 9 heteroatoms. The molecule has 140 valence electrons. The van der Waals surface area contributed by atoms with Crippen molar-refractivity contribution in [3.05, 3.63) is 47.8 Å². The first kappa shape index (κ1) is 16.3. The van der Waals surface area contributed by atoms with Gasteiger partial charge in [-0.1, -0.05) is 12.1 Å². The number of aromatic nitrogens is 3. The lowest BCUT2D eigenvalue weighted by atomic mass is 10.1. The lowest BCUT2D eigenvalue weighted by Crippen LogP contribution is -2.22. The highest BCUT2D eigenvalue weighted by molar-refractivity contribution is 6.14. The van der Waals surface area contributed by atoms with Gasteiger partial charge in [-0.15, -0.1) is 0 Å². The maximum absolute atomic E-state index is 11.9. The van der Waals surface area contributed by atoms with Crippen LogP contribution in [0.4, 0.5) is 16.3 Å². The maximum atomic E-state index is 11.9. The van der Waals surface area contributed by atoms with Crippen LogP contribution in [-0.4, -0.2) is 32.6 Å². The summed E-state index contributed by atoms with van der Waals surface area (Å²) in [6, 6.07) is 9.31. The van der Waals surface area contributed by atoms with Crippen molar-refractivity contribution in [2.45, 2.75) is 18.9 Å². The molecule has 1 aliphatic heterocycles. The average Bonchev–Trinajstić information content (AvgIpc) is 3.30. The summed E-state index contributed by atoms with van der Waals surface area (Å²) in [6.45, 7) is 0. The molecule has 5 N–H and O–H groups in total. The molecule has 1 saturated heterocycles. The third kappa shape index (κ3) is 2.92. The molecule has 0 unspecified atom stereocenters. The first-order chi connectivity index (χ1) is 13.6. The smallest absolute Gasteiger partial charge is 0.326 e. The summed E-state index contributed by atoms with van der Waals surface area (Å²) in [6.07, 6.45) is 5.41. The van der Waals surface area contributed by atoms with Crippen LogP contribution in [0.1, 0.15) is 18.4 Å². The average molecular weight is 375 g/mol. The van der Waals surface area contributed by atoms with Gasteiger partial charge in [0.2, 0.25) is 0 Å². The van der Waals surface area contributed by atoms with Gasteiger partial charge < -0.3 is 16.4 Å². The van der Waals surface area contributed by atoms with E-state index in [4.69, 9.17) is 10.7 Å². The zero-order valence-electron chi connectivity index (χ0n) is 14.8. The van der Waals surface area contributed by atoms with Crippen molar-refractivity contribution in [2.24, 2.45) is 0 Å². The standard InChI is InChI=1S/C19H17N7O2/c20-12-3-1-2-10(6-12)14-8-16(22-13-4-5-13)26-17(23-14)11(9-21-26)7-15-18(27)25-19(28)24-15/h1-3,6-9,13,22H,4-5,20H2,(H2,24,25,27,28)/b15-7-. The predicted molar refractivity (Wildman–Crippen MR) is 104 cm³/mol. The quantitative estimate of drug-likeness (QED) is 0.313. The van der Waals surface area contributed by atoms with Crippen LogP contribution in [0.3, 0.4) is 0 Å². The Hall–Kier alpha value is -3.88. The number of nitrogens with two attached hydrogens (primary N) is 1. The van der Waals surface area contributed by atoms with E-state index in [-0.39, 0.29) is 5.70 Å². The summed E-state index contributed by atoms with van der Waals surface area (Å²) in [4.78, 5) is 28.0. The van der Waals surface area contributed by atoms with Gasteiger partial charge in [0.05, 0.1) is 11.9 Å².